The number of anilines is 1. The number of carbonyl (C=O) groups is 1. The van der Waals surface area contributed by atoms with Gasteiger partial charge in [-0.1, -0.05) is 36.4 Å². The maximum absolute atomic E-state index is 12.6. The molecule has 3 aromatic rings. The highest BCUT2D eigenvalue weighted by Crippen LogP contribution is 2.15. The minimum atomic E-state index is -3.74. The highest BCUT2D eigenvalue weighted by atomic mass is 32.2. The van der Waals surface area contributed by atoms with Gasteiger partial charge >= 0.3 is 0 Å². The molecule has 0 saturated carbocycles. The maximum atomic E-state index is 12.6. The summed E-state index contributed by atoms with van der Waals surface area (Å²) in [5.74, 6) is -0.137. The van der Waals surface area contributed by atoms with Crippen molar-refractivity contribution in [1.82, 2.24) is 0 Å². The smallest absolute Gasteiger partial charge is 0.282 e. The number of rotatable bonds is 6. The van der Waals surface area contributed by atoms with Crippen LogP contribution in [0.5, 0.6) is 0 Å². The van der Waals surface area contributed by atoms with Gasteiger partial charge in [0.05, 0.1) is 11.9 Å². The Morgan fingerprint density at radius 2 is 1.68 bits per heavy atom. The van der Waals surface area contributed by atoms with Gasteiger partial charge in [0.15, 0.2) is 6.04 Å². The van der Waals surface area contributed by atoms with Crippen LogP contribution in [0, 0.1) is 0 Å². The van der Waals surface area contributed by atoms with E-state index >= 15 is 0 Å². The molecule has 6 nitrogen and oxygen atoms in total. The summed E-state index contributed by atoms with van der Waals surface area (Å²) in [6, 6.07) is 20.0. The van der Waals surface area contributed by atoms with Gasteiger partial charge in [0.25, 0.3) is 5.91 Å². The minimum Gasteiger partial charge on any atom is -0.324 e. The van der Waals surface area contributed by atoms with E-state index in [1.807, 2.05) is 26.1 Å². The number of quaternary nitrogens is 1. The number of sulfonamides is 1. The molecule has 3 rings (SSSR count). The first-order chi connectivity index (χ1) is 13.2. The molecule has 0 fully saturated rings. The van der Waals surface area contributed by atoms with Crippen LogP contribution >= 0.6 is 0 Å². The molecule has 0 saturated heterocycles. The fourth-order valence-electron chi connectivity index (χ4n) is 3.03. The molecular weight excluding hydrogens is 374 g/mol. The van der Waals surface area contributed by atoms with Crippen molar-refractivity contribution in [2.75, 3.05) is 12.4 Å². The molecular formula is C21H24N3O3S+. The third-order valence-corrected chi connectivity index (χ3v) is 5.81. The summed E-state index contributed by atoms with van der Waals surface area (Å²) in [4.78, 5) is 13.6. The standard InChI is InChI=1S/C21H23N3O3S/c1-15(21(25)23-19-9-11-20(12-10-19)28(22,26)27)24(2)14-16-7-8-17-5-3-4-6-18(17)13-16/h3-13,15H,14H2,1-2H3,(H,23,25)(H2,22,26,27)/p+1/t15-/m0/s1. The zero-order valence-electron chi connectivity index (χ0n) is 15.8. The molecule has 1 amide bonds. The summed E-state index contributed by atoms with van der Waals surface area (Å²) in [5, 5.41) is 10.3. The summed E-state index contributed by atoms with van der Waals surface area (Å²) in [6.07, 6.45) is 0. The van der Waals surface area contributed by atoms with Gasteiger partial charge in [-0.25, -0.2) is 13.6 Å². The third-order valence-electron chi connectivity index (χ3n) is 4.88. The van der Waals surface area contributed by atoms with Gasteiger partial charge in [0, 0.05) is 11.3 Å². The van der Waals surface area contributed by atoms with Crippen molar-refractivity contribution in [3.05, 3.63) is 72.3 Å². The van der Waals surface area contributed by atoms with E-state index in [1.165, 1.54) is 35.0 Å². The van der Waals surface area contributed by atoms with E-state index in [4.69, 9.17) is 5.14 Å². The number of likely N-dealkylation sites (N-methyl/N-ethyl adjacent to an activating group) is 1. The summed E-state index contributed by atoms with van der Waals surface area (Å²) in [5.41, 5.74) is 1.69. The summed E-state index contributed by atoms with van der Waals surface area (Å²) < 4.78 is 22.6. The lowest BCUT2D eigenvalue weighted by molar-refractivity contribution is -0.907. The topological polar surface area (TPSA) is 93.7 Å². The molecule has 0 heterocycles. The molecule has 1 unspecified atom stereocenters. The number of hydrogen-bond donors (Lipinski definition) is 3. The maximum Gasteiger partial charge on any atom is 0.282 e. The number of fused-ring (bicyclic) bond motifs is 1. The van der Waals surface area contributed by atoms with Crippen molar-refractivity contribution in [3.8, 4) is 0 Å². The van der Waals surface area contributed by atoms with E-state index in [9.17, 15) is 13.2 Å². The molecule has 4 N–H and O–H groups in total. The number of hydrogen-bond acceptors (Lipinski definition) is 3. The van der Waals surface area contributed by atoms with Crippen LogP contribution in [-0.2, 0) is 21.4 Å². The number of primary sulfonamides is 1. The molecule has 3 aromatic carbocycles. The zero-order chi connectivity index (χ0) is 20.3. The number of nitrogens with two attached hydrogens (primary N) is 1. The predicted molar refractivity (Wildman–Crippen MR) is 110 cm³/mol. The van der Waals surface area contributed by atoms with Crippen molar-refractivity contribution in [3.63, 3.8) is 0 Å². The monoisotopic (exact) mass is 398 g/mol. The van der Waals surface area contributed by atoms with Crippen LogP contribution in [0.3, 0.4) is 0 Å². The molecule has 0 aromatic heterocycles. The SMILES string of the molecule is C[C@@H](C(=O)Nc1ccc(S(N)(=O)=O)cc1)[NH+](C)Cc1ccc2ccccc2c1. The second-order valence-electron chi connectivity index (χ2n) is 6.98. The predicted octanol–water partition coefficient (Wildman–Crippen LogP) is 1.53. The zero-order valence-corrected chi connectivity index (χ0v) is 16.7. The van der Waals surface area contributed by atoms with E-state index in [0.29, 0.717) is 12.2 Å². The van der Waals surface area contributed by atoms with Crippen LogP contribution < -0.4 is 15.4 Å². The highest BCUT2D eigenvalue weighted by molar-refractivity contribution is 7.89. The Hall–Kier alpha value is -2.74. The Labute approximate surface area is 165 Å². The molecule has 0 aliphatic rings. The number of amides is 1. The fraction of sp³-hybridized carbons (Fsp3) is 0.190. The Morgan fingerprint density at radius 1 is 1.04 bits per heavy atom. The first kappa shape index (κ1) is 20.0. The third kappa shape index (κ3) is 4.75. The molecule has 0 spiro atoms. The molecule has 0 aliphatic carbocycles. The molecule has 0 radical (unpaired) electrons. The lowest BCUT2D eigenvalue weighted by atomic mass is 10.1. The van der Waals surface area contributed by atoms with Crippen molar-refractivity contribution in [2.24, 2.45) is 5.14 Å². The second-order valence-corrected chi connectivity index (χ2v) is 8.55. The van der Waals surface area contributed by atoms with Gasteiger partial charge in [-0.2, -0.15) is 0 Å². The Kier molecular flexibility index (Phi) is 5.79. The minimum absolute atomic E-state index is 0.0117. The number of benzene rings is 3. The van der Waals surface area contributed by atoms with E-state index < -0.39 is 10.0 Å². The van der Waals surface area contributed by atoms with E-state index in [-0.39, 0.29) is 16.8 Å². The van der Waals surface area contributed by atoms with Crippen molar-refractivity contribution in [2.45, 2.75) is 24.4 Å². The molecule has 2 atom stereocenters. The first-order valence-corrected chi connectivity index (χ1v) is 10.5. The summed E-state index contributed by atoms with van der Waals surface area (Å²) >= 11 is 0. The average molecular weight is 399 g/mol. The normalized spacial score (nSPS) is 13.8. The molecule has 146 valence electrons. The summed E-state index contributed by atoms with van der Waals surface area (Å²) in [6.45, 7) is 2.58. The van der Waals surface area contributed by atoms with Gasteiger partial charge < -0.3 is 10.2 Å². The van der Waals surface area contributed by atoms with Gasteiger partial charge in [-0.15, -0.1) is 0 Å². The molecule has 7 heteroatoms. The van der Waals surface area contributed by atoms with Crippen LogP contribution in [0.15, 0.2) is 71.6 Å². The van der Waals surface area contributed by atoms with Crippen molar-refractivity contribution in [1.29, 1.82) is 0 Å². The lowest BCUT2D eigenvalue weighted by Gasteiger charge is -2.21. The second kappa shape index (κ2) is 8.10. The fourth-order valence-corrected chi connectivity index (χ4v) is 3.54. The van der Waals surface area contributed by atoms with Crippen molar-refractivity contribution < 1.29 is 18.1 Å². The first-order valence-electron chi connectivity index (χ1n) is 8.98. The van der Waals surface area contributed by atoms with Crippen LogP contribution in [0.1, 0.15) is 12.5 Å². The molecule has 0 bridgehead atoms. The number of carbonyl (C=O) groups excluding carboxylic acids is 1. The van der Waals surface area contributed by atoms with Gasteiger partial charge in [0.1, 0.15) is 6.54 Å². The van der Waals surface area contributed by atoms with Crippen LogP contribution in [0.4, 0.5) is 5.69 Å². The largest absolute Gasteiger partial charge is 0.324 e. The summed E-state index contributed by atoms with van der Waals surface area (Å²) in [7, 11) is -1.77. The van der Waals surface area contributed by atoms with Crippen LogP contribution in [0.25, 0.3) is 10.8 Å². The van der Waals surface area contributed by atoms with Crippen LogP contribution in [0.2, 0.25) is 0 Å². The highest BCUT2D eigenvalue weighted by Gasteiger charge is 2.22. The van der Waals surface area contributed by atoms with Gasteiger partial charge in [-0.05, 0) is 48.0 Å². The number of nitrogens with one attached hydrogen (secondary N) is 2. The van der Waals surface area contributed by atoms with Gasteiger partial charge in [-0.3, -0.25) is 4.79 Å². The van der Waals surface area contributed by atoms with Crippen molar-refractivity contribution >= 4 is 32.4 Å². The quantitative estimate of drug-likeness (QED) is 0.588. The Bertz CT molecular complexity index is 1100. The van der Waals surface area contributed by atoms with E-state index in [0.717, 1.165) is 10.5 Å². The molecule has 28 heavy (non-hydrogen) atoms. The van der Waals surface area contributed by atoms with Crippen LogP contribution in [-0.4, -0.2) is 27.4 Å². The molecule has 0 aliphatic heterocycles. The average Bonchev–Trinajstić information content (AvgIpc) is 2.67. The van der Waals surface area contributed by atoms with Gasteiger partial charge in [0.2, 0.25) is 10.0 Å². The van der Waals surface area contributed by atoms with E-state index in [1.54, 1.807) is 0 Å². The Balaban J connectivity index is 1.64. The Morgan fingerprint density at radius 3 is 2.32 bits per heavy atom. The lowest BCUT2D eigenvalue weighted by Crippen LogP contribution is -3.12. The van der Waals surface area contributed by atoms with E-state index in [2.05, 4.69) is 35.6 Å².